The van der Waals surface area contributed by atoms with E-state index in [9.17, 15) is 0 Å². The summed E-state index contributed by atoms with van der Waals surface area (Å²) < 4.78 is 12.0. The molecule has 3 rings (SSSR count). The van der Waals surface area contributed by atoms with Gasteiger partial charge in [-0.2, -0.15) is 0 Å². The van der Waals surface area contributed by atoms with Crippen molar-refractivity contribution in [1.82, 2.24) is 9.97 Å². The van der Waals surface area contributed by atoms with Crippen LogP contribution in [0, 0.1) is 0 Å². The molecule has 0 bridgehead atoms. The van der Waals surface area contributed by atoms with E-state index >= 15 is 0 Å². The number of ether oxygens (including phenoxy) is 2. The predicted octanol–water partition coefficient (Wildman–Crippen LogP) is 3.91. The van der Waals surface area contributed by atoms with Gasteiger partial charge in [-0.15, -0.1) is 0 Å². The number of imidazole rings is 1. The van der Waals surface area contributed by atoms with Crippen LogP contribution >= 0.6 is 15.9 Å². The third kappa shape index (κ3) is 2.42. The molecular formula is C15H17BrN2O2. The highest BCUT2D eigenvalue weighted by atomic mass is 79.9. The van der Waals surface area contributed by atoms with Gasteiger partial charge in [0.2, 0.25) is 0 Å². The van der Waals surface area contributed by atoms with E-state index in [1.165, 1.54) is 0 Å². The third-order valence-corrected chi connectivity index (χ3v) is 3.77. The first-order valence-electron chi connectivity index (χ1n) is 6.61. The van der Waals surface area contributed by atoms with Crippen molar-refractivity contribution in [2.24, 2.45) is 0 Å². The molecule has 0 spiro atoms. The molecule has 1 aliphatic rings. The minimum atomic E-state index is -0.0193. The maximum atomic E-state index is 5.62. The standard InChI is InChI=1S/C15H17BrN2O2/c1-15(2,3)14-17-12(13(16)18-14)9-4-5-10-11(8-9)20-7-6-19-10/h4-5,8H,6-7H2,1-3H3,(H,17,18). The lowest BCUT2D eigenvalue weighted by molar-refractivity contribution is 0.171. The molecule has 2 aromatic rings. The molecule has 4 nitrogen and oxygen atoms in total. The molecule has 1 N–H and O–H groups in total. The Hall–Kier alpha value is -1.49. The molecule has 5 heteroatoms. The Morgan fingerprint density at radius 3 is 2.50 bits per heavy atom. The van der Waals surface area contributed by atoms with Gasteiger partial charge in [-0.05, 0) is 34.1 Å². The van der Waals surface area contributed by atoms with E-state index in [0.717, 1.165) is 33.2 Å². The average Bonchev–Trinajstić information content (AvgIpc) is 2.80. The number of hydrogen-bond acceptors (Lipinski definition) is 3. The van der Waals surface area contributed by atoms with Crippen LogP contribution in [-0.4, -0.2) is 23.2 Å². The van der Waals surface area contributed by atoms with Crippen molar-refractivity contribution in [2.75, 3.05) is 13.2 Å². The summed E-state index contributed by atoms with van der Waals surface area (Å²) in [4.78, 5) is 7.95. The second-order valence-electron chi connectivity index (χ2n) is 5.86. The summed E-state index contributed by atoms with van der Waals surface area (Å²) in [7, 11) is 0. The highest BCUT2D eigenvalue weighted by Gasteiger charge is 2.21. The maximum absolute atomic E-state index is 5.62. The number of nitrogens with one attached hydrogen (secondary N) is 1. The summed E-state index contributed by atoms with van der Waals surface area (Å²) in [5.74, 6) is 2.54. The second-order valence-corrected chi connectivity index (χ2v) is 6.61. The summed E-state index contributed by atoms with van der Waals surface area (Å²) in [5.41, 5.74) is 1.98. The number of halogens is 1. The molecule has 0 aliphatic carbocycles. The van der Waals surface area contributed by atoms with Gasteiger partial charge in [0, 0.05) is 11.0 Å². The van der Waals surface area contributed by atoms with Gasteiger partial charge >= 0.3 is 0 Å². The van der Waals surface area contributed by atoms with E-state index in [2.05, 4.69) is 46.7 Å². The van der Waals surface area contributed by atoms with Crippen molar-refractivity contribution in [3.05, 3.63) is 28.6 Å². The van der Waals surface area contributed by atoms with Crippen molar-refractivity contribution in [3.8, 4) is 22.8 Å². The number of aromatic nitrogens is 2. The van der Waals surface area contributed by atoms with Crippen LogP contribution in [0.2, 0.25) is 0 Å². The molecule has 0 saturated heterocycles. The first-order valence-corrected chi connectivity index (χ1v) is 7.40. The van der Waals surface area contributed by atoms with Crippen molar-refractivity contribution in [2.45, 2.75) is 26.2 Å². The number of aromatic amines is 1. The zero-order chi connectivity index (χ0) is 14.3. The van der Waals surface area contributed by atoms with Crippen molar-refractivity contribution >= 4 is 15.9 Å². The van der Waals surface area contributed by atoms with Crippen LogP contribution in [0.4, 0.5) is 0 Å². The van der Waals surface area contributed by atoms with E-state index in [4.69, 9.17) is 9.47 Å². The fourth-order valence-corrected chi connectivity index (χ4v) is 2.60. The van der Waals surface area contributed by atoms with Crippen LogP contribution < -0.4 is 9.47 Å². The molecule has 20 heavy (non-hydrogen) atoms. The Morgan fingerprint density at radius 1 is 1.15 bits per heavy atom. The molecule has 1 aromatic carbocycles. The average molecular weight is 337 g/mol. The van der Waals surface area contributed by atoms with Gasteiger partial charge in [-0.1, -0.05) is 20.8 Å². The zero-order valence-electron chi connectivity index (χ0n) is 11.8. The molecular weight excluding hydrogens is 320 g/mol. The summed E-state index contributed by atoms with van der Waals surface area (Å²) >= 11 is 3.53. The SMILES string of the molecule is CC(C)(C)c1nc(Br)c(-c2ccc3c(c2)OCCO3)[nH]1. The number of rotatable bonds is 1. The number of hydrogen-bond donors (Lipinski definition) is 1. The summed E-state index contributed by atoms with van der Waals surface area (Å²) in [6.07, 6.45) is 0. The molecule has 0 radical (unpaired) electrons. The van der Waals surface area contributed by atoms with Crippen LogP contribution in [0.3, 0.4) is 0 Å². The fraction of sp³-hybridized carbons (Fsp3) is 0.400. The minimum absolute atomic E-state index is 0.0193. The van der Waals surface area contributed by atoms with Crippen LogP contribution in [0.25, 0.3) is 11.3 Å². The van der Waals surface area contributed by atoms with Crippen LogP contribution in [0.1, 0.15) is 26.6 Å². The second kappa shape index (κ2) is 4.81. The lowest BCUT2D eigenvalue weighted by Crippen LogP contribution is -2.15. The van der Waals surface area contributed by atoms with E-state index in [0.29, 0.717) is 13.2 Å². The van der Waals surface area contributed by atoms with E-state index in [-0.39, 0.29) is 5.41 Å². The van der Waals surface area contributed by atoms with Crippen molar-refractivity contribution in [1.29, 1.82) is 0 Å². The normalized spacial score (nSPS) is 14.4. The molecule has 2 heterocycles. The van der Waals surface area contributed by atoms with Crippen molar-refractivity contribution in [3.63, 3.8) is 0 Å². The maximum Gasteiger partial charge on any atom is 0.162 e. The molecule has 0 unspecified atom stereocenters. The van der Waals surface area contributed by atoms with Gasteiger partial charge < -0.3 is 14.5 Å². The predicted molar refractivity (Wildman–Crippen MR) is 81.4 cm³/mol. The first kappa shape index (κ1) is 13.5. The van der Waals surface area contributed by atoms with Crippen LogP contribution in [-0.2, 0) is 5.41 Å². The number of nitrogens with zero attached hydrogens (tertiary/aromatic N) is 1. The Balaban J connectivity index is 2.03. The zero-order valence-corrected chi connectivity index (χ0v) is 13.4. The number of H-pyrrole nitrogens is 1. The van der Waals surface area contributed by atoms with Gasteiger partial charge in [0.25, 0.3) is 0 Å². The highest BCUT2D eigenvalue weighted by Crippen LogP contribution is 2.37. The third-order valence-electron chi connectivity index (χ3n) is 3.20. The van der Waals surface area contributed by atoms with E-state index < -0.39 is 0 Å². The van der Waals surface area contributed by atoms with Gasteiger partial charge in [-0.25, -0.2) is 4.98 Å². The molecule has 1 aromatic heterocycles. The Kier molecular flexibility index (Phi) is 3.24. The molecule has 1 aliphatic heterocycles. The quantitative estimate of drug-likeness (QED) is 0.858. The van der Waals surface area contributed by atoms with Crippen LogP contribution in [0.15, 0.2) is 22.8 Å². The number of fused-ring (bicyclic) bond motifs is 1. The van der Waals surface area contributed by atoms with Gasteiger partial charge in [0.1, 0.15) is 23.6 Å². The van der Waals surface area contributed by atoms with E-state index in [1.54, 1.807) is 0 Å². The first-order chi connectivity index (χ1) is 9.45. The molecule has 0 saturated carbocycles. The molecule has 0 fully saturated rings. The molecule has 0 amide bonds. The molecule has 106 valence electrons. The van der Waals surface area contributed by atoms with Gasteiger partial charge in [0.15, 0.2) is 11.5 Å². The fourth-order valence-electron chi connectivity index (χ4n) is 2.10. The summed E-state index contributed by atoms with van der Waals surface area (Å²) in [6.45, 7) is 7.59. The lowest BCUT2D eigenvalue weighted by atomic mass is 9.96. The minimum Gasteiger partial charge on any atom is -0.486 e. The van der Waals surface area contributed by atoms with Gasteiger partial charge in [0.05, 0.1) is 5.69 Å². The van der Waals surface area contributed by atoms with Crippen LogP contribution in [0.5, 0.6) is 11.5 Å². The highest BCUT2D eigenvalue weighted by molar-refractivity contribution is 9.10. The Bertz CT molecular complexity index is 644. The Labute approximate surface area is 126 Å². The Morgan fingerprint density at radius 2 is 1.85 bits per heavy atom. The number of benzene rings is 1. The lowest BCUT2D eigenvalue weighted by Gasteiger charge is -2.18. The topological polar surface area (TPSA) is 47.1 Å². The smallest absolute Gasteiger partial charge is 0.162 e. The molecule has 0 atom stereocenters. The largest absolute Gasteiger partial charge is 0.486 e. The summed E-state index contributed by atoms with van der Waals surface area (Å²) in [6, 6.07) is 5.94. The monoisotopic (exact) mass is 336 g/mol. The summed E-state index contributed by atoms with van der Waals surface area (Å²) in [5, 5.41) is 0. The van der Waals surface area contributed by atoms with Crippen molar-refractivity contribution < 1.29 is 9.47 Å². The van der Waals surface area contributed by atoms with Gasteiger partial charge in [-0.3, -0.25) is 0 Å². The van der Waals surface area contributed by atoms with E-state index in [1.807, 2.05) is 18.2 Å².